The molecule has 1 fully saturated rings. The highest BCUT2D eigenvalue weighted by atomic mass is 16.5. The van der Waals surface area contributed by atoms with E-state index < -0.39 is 0 Å². The summed E-state index contributed by atoms with van der Waals surface area (Å²) < 4.78 is 4.88. The number of amides is 2. The molecule has 0 heterocycles. The molecule has 0 radical (unpaired) electrons. The molecular formula is C12H23N3O3. The van der Waals surface area contributed by atoms with E-state index in [1.165, 1.54) is 0 Å². The Morgan fingerprint density at radius 2 is 1.94 bits per heavy atom. The van der Waals surface area contributed by atoms with E-state index in [9.17, 15) is 9.59 Å². The summed E-state index contributed by atoms with van der Waals surface area (Å²) >= 11 is 0. The first-order valence-corrected chi connectivity index (χ1v) is 6.48. The number of rotatable bonds is 10. The van der Waals surface area contributed by atoms with Gasteiger partial charge in [-0.2, -0.15) is 0 Å². The monoisotopic (exact) mass is 257 g/mol. The van der Waals surface area contributed by atoms with Crippen LogP contribution in [0.5, 0.6) is 0 Å². The molecule has 6 heteroatoms. The minimum atomic E-state index is -0.0281. The number of hydrogen-bond donors (Lipinski definition) is 3. The van der Waals surface area contributed by atoms with Gasteiger partial charge in [-0.3, -0.25) is 9.59 Å². The molecule has 1 saturated carbocycles. The Bertz CT molecular complexity index is 267. The van der Waals surface area contributed by atoms with E-state index in [1.54, 1.807) is 7.11 Å². The number of ether oxygens (including phenoxy) is 1. The van der Waals surface area contributed by atoms with Gasteiger partial charge in [-0.15, -0.1) is 0 Å². The summed E-state index contributed by atoms with van der Waals surface area (Å²) in [5.74, 6) is 0.356. The first-order chi connectivity index (χ1) is 8.74. The molecule has 0 bridgehead atoms. The number of hydrogen-bond acceptors (Lipinski definition) is 4. The van der Waals surface area contributed by atoms with Crippen molar-refractivity contribution in [1.29, 1.82) is 0 Å². The van der Waals surface area contributed by atoms with Crippen molar-refractivity contribution in [3.63, 3.8) is 0 Å². The van der Waals surface area contributed by atoms with Gasteiger partial charge in [0.2, 0.25) is 11.8 Å². The van der Waals surface area contributed by atoms with Gasteiger partial charge in [0.15, 0.2) is 0 Å². The molecule has 0 aromatic heterocycles. The van der Waals surface area contributed by atoms with Crippen molar-refractivity contribution in [2.24, 2.45) is 5.92 Å². The molecule has 1 aliphatic rings. The van der Waals surface area contributed by atoms with Crippen molar-refractivity contribution in [3.8, 4) is 0 Å². The van der Waals surface area contributed by atoms with Crippen molar-refractivity contribution in [1.82, 2.24) is 16.0 Å². The first kappa shape index (κ1) is 14.9. The molecule has 2 amide bonds. The van der Waals surface area contributed by atoms with Gasteiger partial charge in [-0.25, -0.2) is 0 Å². The minimum absolute atomic E-state index is 0.0281. The molecule has 18 heavy (non-hydrogen) atoms. The molecule has 0 unspecified atom stereocenters. The van der Waals surface area contributed by atoms with Crippen LogP contribution in [-0.4, -0.2) is 51.7 Å². The van der Waals surface area contributed by atoms with Crippen molar-refractivity contribution >= 4 is 11.8 Å². The third kappa shape index (κ3) is 7.24. The van der Waals surface area contributed by atoms with Crippen LogP contribution in [0.4, 0.5) is 0 Å². The van der Waals surface area contributed by atoms with Crippen LogP contribution in [-0.2, 0) is 14.3 Å². The zero-order chi connectivity index (χ0) is 13.2. The summed E-state index contributed by atoms with van der Waals surface area (Å²) in [6.07, 6.45) is 2.85. The number of carbonyl (C=O) groups is 2. The zero-order valence-corrected chi connectivity index (χ0v) is 11.0. The Labute approximate surface area is 108 Å². The van der Waals surface area contributed by atoms with E-state index in [-0.39, 0.29) is 24.3 Å². The largest absolute Gasteiger partial charge is 0.385 e. The summed E-state index contributed by atoms with van der Waals surface area (Å²) in [4.78, 5) is 22.6. The third-order valence-corrected chi connectivity index (χ3v) is 2.68. The second-order valence-electron chi connectivity index (χ2n) is 4.44. The van der Waals surface area contributed by atoms with Crippen LogP contribution in [0.25, 0.3) is 0 Å². The summed E-state index contributed by atoms with van der Waals surface area (Å²) in [6.45, 7) is 2.76. The van der Waals surface area contributed by atoms with Crippen LogP contribution in [0.3, 0.4) is 0 Å². The highest BCUT2D eigenvalue weighted by molar-refractivity contribution is 5.80. The number of nitrogens with one attached hydrogen (secondary N) is 3. The Morgan fingerprint density at radius 3 is 2.61 bits per heavy atom. The SMILES string of the molecule is COCCCNC(=O)CNCCNC(=O)C1CC1. The first-order valence-electron chi connectivity index (χ1n) is 6.48. The van der Waals surface area contributed by atoms with Crippen molar-refractivity contribution in [2.45, 2.75) is 19.3 Å². The maximum atomic E-state index is 11.3. The van der Waals surface area contributed by atoms with E-state index in [1.807, 2.05) is 0 Å². The van der Waals surface area contributed by atoms with Gasteiger partial charge in [0, 0.05) is 39.3 Å². The van der Waals surface area contributed by atoms with Gasteiger partial charge in [0.25, 0.3) is 0 Å². The summed E-state index contributed by atoms with van der Waals surface area (Å²) in [6, 6.07) is 0. The normalized spacial score (nSPS) is 14.3. The summed E-state index contributed by atoms with van der Waals surface area (Å²) in [7, 11) is 1.64. The minimum Gasteiger partial charge on any atom is -0.385 e. The molecule has 0 aliphatic heterocycles. The van der Waals surface area contributed by atoms with Crippen LogP contribution >= 0.6 is 0 Å². The van der Waals surface area contributed by atoms with Gasteiger partial charge in [-0.1, -0.05) is 0 Å². The zero-order valence-electron chi connectivity index (χ0n) is 11.0. The van der Waals surface area contributed by atoms with E-state index in [2.05, 4.69) is 16.0 Å². The van der Waals surface area contributed by atoms with Crippen LogP contribution in [0.1, 0.15) is 19.3 Å². The van der Waals surface area contributed by atoms with Crippen LogP contribution in [0.2, 0.25) is 0 Å². The van der Waals surface area contributed by atoms with E-state index in [0.717, 1.165) is 19.3 Å². The molecule has 104 valence electrons. The van der Waals surface area contributed by atoms with Crippen LogP contribution < -0.4 is 16.0 Å². The number of carbonyl (C=O) groups excluding carboxylic acids is 2. The van der Waals surface area contributed by atoms with Gasteiger partial charge < -0.3 is 20.7 Å². The Balaban J connectivity index is 1.84. The maximum Gasteiger partial charge on any atom is 0.233 e. The standard InChI is InChI=1S/C12H23N3O3/c1-18-8-2-5-14-11(16)9-13-6-7-15-12(17)10-3-4-10/h10,13H,2-9H2,1H3,(H,14,16)(H,15,17). The molecule has 1 rings (SSSR count). The molecule has 0 atom stereocenters. The Kier molecular flexibility index (Phi) is 7.36. The average molecular weight is 257 g/mol. The van der Waals surface area contributed by atoms with Gasteiger partial charge >= 0.3 is 0 Å². The summed E-state index contributed by atoms with van der Waals surface area (Å²) in [5.41, 5.74) is 0. The number of methoxy groups -OCH3 is 1. The fraction of sp³-hybridized carbons (Fsp3) is 0.833. The molecule has 6 nitrogen and oxygen atoms in total. The van der Waals surface area contributed by atoms with Crippen molar-refractivity contribution in [2.75, 3.05) is 39.9 Å². The molecular weight excluding hydrogens is 234 g/mol. The van der Waals surface area contributed by atoms with Gasteiger partial charge in [-0.05, 0) is 19.3 Å². The lowest BCUT2D eigenvalue weighted by molar-refractivity contribution is -0.122. The maximum absolute atomic E-state index is 11.3. The van der Waals surface area contributed by atoms with E-state index >= 15 is 0 Å². The summed E-state index contributed by atoms with van der Waals surface area (Å²) in [5, 5.41) is 8.59. The van der Waals surface area contributed by atoms with E-state index in [0.29, 0.717) is 26.2 Å². The van der Waals surface area contributed by atoms with Crippen LogP contribution in [0, 0.1) is 5.92 Å². The predicted molar refractivity (Wildman–Crippen MR) is 68.1 cm³/mol. The lowest BCUT2D eigenvalue weighted by Crippen LogP contribution is -2.38. The predicted octanol–water partition coefficient (Wildman–Crippen LogP) is -0.745. The van der Waals surface area contributed by atoms with Crippen molar-refractivity contribution < 1.29 is 14.3 Å². The second kappa shape index (κ2) is 8.88. The topological polar surface area (TPSA) is 79.5 Å². The molecule has 0 aromatic carbocycles. The van der Waals surface area contributed by atoms with Gasteiger partial charge in [0.05, 0.1) is 6.54 Å². The molecule has 1 aliphatic carbocycles. The molecule has 0 saturated heterocycles. The quantitative estimate of drug-likeness (QED) is 0.450. The van der Waals surface area contributed by atoms with Crippen molar-refractivity contribution in [3.05, 3.63) is 0 Å². The third-order valence-electron chi connectivity index (χ3n) is 2.68. The Hall–Kier alpha value is -1.14. The average Bonchev–Trinajstić information content (AvgIpc) is 3.18. The van der Waals surface area contributed by atoms with Crippen LogP contribution in [0.15, 0.2) is 0 Å². The highest BCUT2D eigenvalue weighted by Gasteiger charge is 2.28. The van der Waals surface area contributed by atoms with Gasteiger partial charge in [0.1, 0.15) is 0 Å². The fourth-order valence-electron chi connectivity index (χ4n) is 1.47. The smallest absolute Gasteiger partial charge is 0.233 e. The lowest BCUT2D eigenvalue weighted by atomic mass is 10.4. The fourth-order valence-corrected chi connectivity index (χ4v) is 1.47. The second-order valence-corrected chi connectivity index (χ2v) is 4.44. The van der Waals surface area contributed by atoms with E-state index in [4.69, 9.17) is 4.74 Å². The molecule has 0 aromatic rings. The molecule has 0 spiro atoms. The molecule has 3 N–H and O–H groups in total. The highest BCUT2D eigenvalue weighted by Crippen LogP contribution is 2.28. The Morgan fingerprint density at radius 1 is 1.17 bits per heavy atom. The lowest BCUT2D eigenvalue weighted by Gasteiger charge is -2.07.